The van der Waals surface area contributed by atoms with E-state index in [0.717, 1.165) is 30.5 Å². The molecular formula is C14H16N2O2S2. The van der Waals surface area contributed by atoms with E-state index in [4.69, 9.17) is 0 Å². The molecule has 1 aliphatic rings. The largest absolute Gasteiger partial charge is 0.259 e. The highest BCUT2D eigenvalue weighted by Crippen LogP contribution is 2.35. The highest BCUT2D eigenvalue weighted by atomic mass is 32.2. The molecule has 0 aliphatic heterocycles. The molecule has 106 valence electrons. The van der Waals surface area contributed by atoms with Crippen LogP contribution in [0.2, 0.25) is 0 Å². The standard InChI is InChI=1S/C14H16N2O2S2/c1-16(20(17,18)13-8-4-10-19-13)12-7-2-5-11-6-3-9-15-14(11)12/h3-4,6,8-10,12H,2,5,7H2,1H3. The van der Waals surface area contributed by atoms with Crippen LogP contribution in [0, 0.1) is 0 Å². The Morgan fingerprint density at radius 3 is 2.95 bits per heavy atom. The van der Waals surface area contributed by atoms with Crippen molar-refractivity contribution in [2.75, 3.05) is 7.05 Å². The molecule has 2 heterocycles. The number of pyridine rings is 1. The van der Waals surface area contributed by atoms with Crippen molar-refractivity contribution in [1.29, 1.82) is 0 Å². The maximum absolute atomic E-state index is 12.6. The minimum absolute atomic E-state index is 0.160. The van der Waals surface area contributed by atoms with Crippen molar-refractivity contribution < 1.29 is 8.42 Å². The van der Waals surface area contributed by atoms with Gasteiger partial charge in [-0.2, -0.15) is 4.31 Å². The summed E-state index contributed by atoms with van der Waals surface area (Å²) in [6.07, 6.45) is 4.54. The van der Waals surface area contributed by atoms with Crippen LogP contribution in [0.15, 0.2) is 40.1 Å². The molecule has 2 aromatic rings. The third-order valence-electron chi connectivity index (χ3n) is 3.73. The summed E-state index contributed by atoms with van der Waals surface area (Å²) in [5, 5.41) is 1.79. The summed E-state index contributed by atoms with van der Waals surface area (Å²) in [5.41, 5.74) is 2.07. The highest BCUT2D eigenvalue weighted by molar-refractivity contribution is 7.91. The molecule has 0 bridgehead atoms. The zero-order valence-corrected chi connectivity index (χ0v) is 12.8. The lowest BCUT2D eigenvalue weighted by Crippen LogP contribution is -2.33. The van der Waals surface area contributed by atoms with Gasteiger partial charge in [0.15, 0.2) is 0 Å². The summed E-state index contributed by atoms with van der Waals surface area (Å²) in [5.74, 6) is 0. The van der Waals surface area contributed by atoms with Gasteiger partial charge in [0.05, 0.1) is 11.7 Å². The molecule has 20 heavy (non-hydrogen) atoms. The molecule has 4 nitrogen and oxygen atoms in total. The predicted molar refractivity (Wildman–Crippen MR) is 79.2 cm³/mol. The number of rotatable bonds is 3. The van der Waals surface area contributed by atoms with Gasteiger partial charge < -0.3 is 0 Å². The second-order valence-corrected chi connectivity index (χ2v) is 8.08. The van der Waals surface area contributed by atoms with Crippen LogP contribution < -0.4 is 0 Å². The molecule has 1 atom stereocenters. The van der Waals surface area contributed by atoms with E-state index in [2.05, 4.69) is 4.98 Å². The van der Waals surface area contributed by atoms with Crippen LogP contribution >= 0.6 is 11.3 Å². The van der Waals surface area contributed by atoms with Crippen molar-refractivity contribution in [3.63, 3.8) is 0 Å². The maximum atomic E-state index is 12.6. The van der Waals surface area contributed by atoms with Crippen LogP contribution in [0.4, 0.5) is 0 Å². The SMILES string of the molecule is CN(C1CCCc2cccnc21)S(=O)(=O)c1cccs1. The van der Waals surface area contributed by atoms with E-state index in [9.17, 15) is 8.42 Å². The zero-order valence-electron chi connectivity index (χ0n) is 11.2. The van der Waals surface area contributed by atoms with Crippen molar-refractivity contribution in [2.45, 2.75) is 29.5 Å². The fourth-order valence-electron chi connectivity index (χ4n) is 2.66. The number of fused-ring (bicyclic) bond motifs is 1. The molecule has 0 saturated heterocycles. The van der Waals surface area contributed by atoms with E-state index < -0.39 is 10.0 Å². The van der Waals surface area contributed by atoms with E-state index in [1.165, 1.54) is 15.6 Å². The number of hydrogen-bond acceptors (Lipinski definition) is 4. The monoisotopic (exact) mass is 308 g/mol. The molecule has 1 unspecified atom stereocenters. The van der Waals surface area contributed by atoms with Crippen molar-refractivity contribution in [3.8, 4) is 0 Å². The van der Waals surface area contributed by atoms with Gasteiger partial charge in [-0.25, -0.2) is 8.42 Å². The van der Waals surface area contributed by atoms with Crippen molar-refractivity contribution in [3.05, 3.63) is 47.1 Å². The van der Waals surface area contributed by atoms with E-state index >= 15 is 0 Å². The summed E-state index contributed by atoms with van der Waals surface area (Å²) in [4.78, 5) is 4.41. The van der Waals surface area contributed by atoms with Crippen molar-refractivity contribution >= 4 is 21.4 Å². The van der Waals surface area contributed by atoms with Crippen LogP contribution in [0.1, 0.15) is 30.1 Å². The average molecular weight is 308 g/mol. The molecule has 0 fully saturated rings. The second-order valence-electron chi connectivity index (χ2n) is 4.91. The first-order chi connectivity index (χ1) is 9.60. The summed E-state index contributed by atoms with van der Waals surface area (Å²) < 4.78 is 27.1. The summed E-state index contributed by atoms with van der Waals surface area (Å²) in [6.45, 7) is 0. The van der Waals surface area contributed by atoms with Crippen molar-refractivity contribution in [1.82, 2.24) is 9.29 Å². The zero-order chi connectivity index (χ0) is 14.2. The van der Waals surface area contributed by atoms with Gasteiger partial charge in [-0.05, 0) is 42.3 Å². The molecule has 0 amide bonds. The smallest absolute Gasteiger partial charge is 0.252 e. The molecule has 6 heteroatoms. The van der Waals surface area contributed by atoms with Gasteiger partial charge in [-0.3, -0.25) is 4.98 Å². The molecular weight excluding hydrogens is 292 g/mol. The molecule has 1 aliphatic carbocycles. The maximum Gasteiger partial charge on any atom is 0.252 e. The topological polar surface area (TPSA) is 50.3 Å². The Morgan fingerprint density at radius 2 is 2.20 bits per heavy atom. The van der Waals surface area contributed by atoms with Gasteiger partial charge in [-0.1, -0.05) is 12.1 Å². The van der Waals surface area contributed by atoms with E-state index in [-0.39, 0.29) is 6.04 Å². The molecule has 3 rings (SSSR count). The summed E-state index contributed by atoms with van der Waals surface area (Å²) in [7, 11) is -1.77. The Labute approximate surface area is 123 Å². The van der Waals surface area contributed by atoms with Crippen LogP contribution in [-0.2, 0) is 16.4 Å². The van der Waals surface area contributed by atoms with Crippen molar-refractivity contribution in [2.24, 2.45) is 0 Å². The fraction of sp³-hybridized carbons (Fsp3) is 0.357. The number of aryl methyl sites for hydroxylation is 1. The van der Waals surface area contributed by atoms with Crippen LogP contribution in [0.5, 0.6) is 0 Å². The van der Waals surface area contributed by atoms with Crippen LogP contribution in [0.3, 0.4) is 0 Å². The quantitative estimate of drug-likeness (QED) is 0.876. The minimum atomic E-state index is -3.43. The first-order valence-corrected chi connectivity index (χ1v) is 8.88. The Morgan fingerprint density at radius 1 is 1.35 bits per heavy atom. The third kappa shape index (κ3) is 2.28. The molecule has 0 spiro atoms. The lowest BCUT2D eigenvalue weighted by Gasteiger charge is -2.31. The Balaban J connectivity index is 1.99. The first-order valence-electron chi connectivity index (χ1n) is 6.56. The molecule has 0 aromatic carbocycles. The van der Waals surface area contributed by atoms with Gasteiger partial charge in [0, 0.05) is 13.2 Å². The van der Waals surface area contributed by atoms with E-state index in [1.54, 1.807) is 30.8 Å². The van der Waals surface area contributed by atoms with Gasteiger partial charge in [-0.15, -0.1) is 11.3 Å². The number of aromatic nitrogens is 1. The Bertz CT molecular complexity index is 696. The number of nitrogens with zero attached hydrogens (tertiary/aromatic N) is 2. The highest BCUT2D eigenvalue weighted by Gasteiger charge is 2.33. The molecule has 0 radical (unpaired) electrons. The summed E-state index contributed by atoms with van der Waals surface area (Å²) in [6, 6.07) is 7.21. The Kier molecular flexibility index (Phi) is 3.62. The lowest BCUT2D eigenvalue weighted by molar-refractivity contribution is 0.330. The molecule has 2 aromatic heterocycles. The first kappa shape index (κ1) is 13.7. The van der Waals surface area contributed by atoms with Gasteiger partial charge >= 0.3 is 0 Å². The van der Waals surface area contributed by atoms with Gasteiger partial charge in [0.25, 0.3) is 10.0 Å². The van der Waals surface area contributed by atoms with Crippen LogP contribution in [-0.4, -0.2) is 24.8 Å². The average Bonchev–Trinajstić information content (AvgIpc) is 3.01. The van der Waals surface area contributed by atoms with Gasteiger partial charge in [0.1, 0.15) is 4.21 Å². The second kappa shape index (κ2) is 5.27. The molecule has 0 N–H and O–H groups in total. The number of thiophene rings is 1. The van der Waals surface area contributed by atoms with Crippen LogP contribution in [0.25, 0.3) is 0 Å². The minimum Gasteiger partial charge on any atom is -0.259 e. The molecule has 0 saturated carbocycles. The van der Waals surface area contributed by atoms with E-state index in [0.29, 0.717) is 4.21 Å². The fourth-order valence-corrected chi connectivity index (χ4v) is 5.19. The number of hydrogen-bond donors (Lipinski definition) is 0. The van der Waals surface area contributed by atoms with Gasteiger partial charge in [0.2, 0.25) is 0 Å². The lowest BCUT2D eigenvalue weighted by atomic mass is 9.92. The van der Waals surface area contributed by atoms with E-state index in [1.807, 2.05) is 12.1 Å². The predicted octanol–water partition coefficient (Wildman–Crippen LogP) is 2.84. The summed E-state index contributed by atoms with van der Waals surface area (Å²) >= 11 is 1.25. The Hall–Kier alpha value is -1.24. The number of sulfonamides is 1. The normalized spacial score (nSPS) is 19.0. The third-order valence-corrected chi connectivity index (χ3v) is 6.97.